The molecule has 0 saturated carbocycles. The molecule has 2 aromatic rings. The zero-order chi connectivity index (χ0) is 13.8. The van der Waals surface area contributed by atoms with E-state index in [9.17, 15) is 4.39 Å². The van der Waals surface area contributed by atoms with Gasteiger partial charge in [-0.25, -0.2) is 9.37 Å². The lowest BCUT2D eigenvalue weighted by Gasteiger charge is -2.27. The van der Waals surface area contributed by atoms with Gasteiger partial charge in [0.15, 0.2) is 0 Å². The van der Waals surface area contributed by atoms with Crippen molar-refractivity contribution in [1.29, 1.82) is 0 Å². The molecular weight excluding hydrogens is 255 g/mol. The highest BCUT2D eigenvalue weighted by Crippen LogP contribution is 2.20. The van der Waals surface area contributed by atoms with E-state index in [1.54, 1.807) is 18.3 Å². The van der Waals surface area contributed by atoms with E-state index in [0.29, 0.717) is 11.6 Å². The molecule has 1 aliphatic rings. The number of nitrogens with one attached hydrogen (secondary N) is 1. The van der Waals surface area contributed by atoms with Gasteiger partial charge in [0.1, 0.15) is 11.6 Å². The minimum Gasteiger partial charge on any atom is -0.356 e. The molecule has 1 fully saturated rings. The van der Waals surface area contributed by atoms with Crippen molar-refractivity contribution in [2.24, 2.45) is 0 Å². The third kappa shape index (κ3) is 3.04. The molecular formula is C15H17FN4. The van der Waals surface area contributed by atoms with E-state index in [-0.39, 0.29) is 5.82 Å². The summed E-state index contributed by atoms with van der Waals surface area (Å²) in [6, 6.07) is 8.21. The quantitative estimate of drug-likeness (QED) is 0.930. The Labute approximate surface area is 117 Å². The third-order valence-corrected chi connectivity index (χ3v) is 3.40. The second-order valence-electron chi connectivity index (χ2n) is 4.92. The van der Waals surface area contributed by atoms with Gasteiger partial charge in [0.2, 0.25) is 5.95 Å². The van der Waals surface area contributed by atoms with Crippen molar-refractivity contribution in [2.45, 2.75) is 19.3 Å². The van der Waals surface area contributed by atoms with Crippen LogP contribution in [0.5, 0.6) is 0 Å². The summed E-state index contributed by atoms with van der Waals surface area (Å²) in [7, 11) is 0. The zero-order valence-corrected chi connectivity index (χ0v) is 11.2. The van der Waals surface area contributed by atoms with E-state index >= 15 is 0 Å². The molecule has 3 rings (SSSR count). The molecule has 0 aliphatic carbocycles. The standard InChI is InChI=1S/C15H17FN4/c16-12-5-4-6-13(11-12)18-15-17-8-7-14(19-15)20-9-2-1-3-10-20/h4-8,11H,1-3,9-10H2,(H,17,18,19). The number of piperidine rings is 1. The summed E-state index contributed by atoms with van der Waals surface area (Å²) in [4.78, 5) is 11.0. The Hall–Kier alpha value is -2.17. The van der Waals surface area contributed by atoms with Crippen LogP contribution >= 0.6 is 0 Å². The van der Waals surface area contributed by atoms with E-state index in [2.05, 4.69) is 20.2 Å². The minimum absolute atomic E-state index is 0.276. The Morgan fingerprint density at radius 3 is 2.75 bits per heavy atom. The van der Waals surface area contributed by atoms with E-state index in [1.165, 1.54) is 31.4 Å². The molecule has 1 saturated heterocycles. The van der Waals surface area contributed by atoms with Gasteiger partial charge >= 0.3 is 0 Å². The number of nitrogens with zero attached hydrogens (tertiary/aromatic N) is 3. The summed E-state index contributed by atoms with van der Waals surface area (Å²) >= 11 is 0. The van der Waals surface area contributed by atoms with Gasteiger partial charge < -0.3 is 10.2 Å². The number of halogens is 1. The summed E-state index contributed by atoms with van der Waals surface area (Å²) in [5.74, 6) is 1.15. The number of rotatable bonds is 3. The number of hydrogen-bond acceptors (Lipinski definition) is 4. The zero-order valence-electron chi connectivity index (χ0n) is 11.2. The fourth-order valence-corrected chi connectivity index (χ4v) is 2.40. The molecule has 104 valence electrons. The summed E-state index contributed by atoms with van der Waals surface area (Å²) in [6.07, 6.45) is 5.43. The maximum Gasteiger partial charge on any atom is 0.229 e. The molecule has 1 aromatic heterocycles. The first-order valence-corrected chi connectivity index (χ1v) is 6.92. The fourth-order valence-electron chi connectivity index (χ4n) is 2.40. The Morgan fingerprint density at radius 2 is 1.95 bits per heavy atom. The van der Waals surface area contributed by atoms with Crippen LogP contribution in [0, 0.1) is 5.82 Å². The highest BCUT2D eigenvalue weighted by Gasteiger charge is 2.12. The summed E-state index contributed by atoms with van der Waals surface area (Å²) in [6.45, 7) is 2.08. The van der Waals surface area contributed by atoms with Crippen molar-refractivity contribution >= 4 is 17.5 Å². The Balaban J connectivity index is 1.77. The predicted octanol–water partition coefficient (Wildman–Crippen LogP) is 3.35. The Morgan fingerprint density at radius 1 is 1.10 bits per heavy atom. The van der Waals surface area contributed by atoms with Gasteiger partial charge in [0, 0.05) is 25.0 Å². The monoisotopic (exact) mass is 272 g/mol. The van der Waals surface area contributed by atoms with Gasteiger partial charge in [-0.3, -0.25) is 0 Å². The molecule has 4 nitrogen and oxygen atoms in total. The van der Waals surface area contributed by atoms with Crippen molar-refractivity contribution in [3.05, 3.63) is 42.3 Å². The van der Waals surface area contributed by atoms with Gasteiger partial charge in [-0.1, -0.05) is 6.07 Å². The Bertz CT molecular complexity index is 582. The average Bonchev–Trinajstić information content (AvgIpc) is 2.48. The molecule has 0 bridgehead atoms. The number of aromatic nitrogens is 2. The minimum atomic E-state index is -0.276. The van der Waals surface area contributed by atoms with Crippen LogP contribution in [-0.2, 0) is 0 Å². The van der Waals surface area contributed by atoms with E-state index < -0.39 is 0 Å². The molecule has 20 heavy (non-hydrogen) atoms. The summed E-state index contributed by atoms with van der Waals surface area (Å²) in [5, 5.41) is 3.04. The number of hydrogen-bond donors (Lipinski definition) is 1. The van der Waals surface area contributed by atoms with Crippen LogP contribution in [0.25, 0.3) is 0 Å². The molecule has 0 amide bonds. The smallest absolute Gasteiger partial charge is 0.229 e. The first-order chi connectivity index (χ1) is 9.81. The third-order valence-electron chi connectivity index (χ3n) is 3.40. The lowest BCUT2D eigenvalue weighted by molar-refractivity contribution is 0.573. The second kappa shape index (κ2) is 5.86. The van der Waals surface area contributed by atoms with Crippen LogP contribution in [0.2, 0.25) is 0 Å². The lowest BCUT2D eigenvalue weighted by Crippen LogP contribution is -2.30. The van der Waals surface area contributed by atoms with Crippen LogP contribution in [0.1, 0.15) is 19.3 Å². The average molecular weight is 272 g/mol. The number of benzene rings is 1. The van der Waals surface area contributed by atoms with Gasteiger partial charge in [0.25, 0.3) is 0 Å². The van der Waals surface area contributed by atoms with E-state index in [0.717, 1.165) is 18.9 Å². The molecule has 0 atom stereocenters. The molecule has 2 heterocycles. The summed E-state index contributed by atoms with van der Waals surface area (Å²) in [5.41, 5.74) is 0.654. The van der Waals surface area contributed by atoms with Gasteiger partial charge in [-0.15, -0.1) is 0 Å². The van der Waals surface area contributed by atoms with Crippen LogP contribution in [0.4, 0.5) is 21.8 Å². The highest BCUT2D eigenvalue weighted by atomic mass is 19.1. The van der Waals surface area contributed by atoms with Crippen molar-refractivity contribution in [3.63, 3.8) is 0 Å². The normalized spacial score (nSPS) is 15.2. The van der Waals surface area contributed by atoms with E-state index in [4.69, 9.17) is 0 Å². The van der Waals surface area contributed by atoms with Gasteiger partial charge in [-0.05, 0) is 43.5 Å². The van der Waals surface area contributed by atoms with Gasteiger partial charge in [0.05, 0.1) is 0 Å². The van der Waals surface area contributed by atoms with Crippen molar-refractivity contribution in [3.8, 4) is 0 Å². The van der Waals surface area contributed by atoms with Gasteiger partial charge in [-0.2, -0.15) is 4.98 Å². The lowest BCUT2D eigenvalue weighted by atomic mass is 10.1. The number of anilines is 3. The highest BCUT2D eigenvalue weighted by molar-refractivity contribution is 5.54. The fraction of sp³-hybridized carbons (Fsp3) is 0.333. The van der Waals surface area contributed by atoms with Crippen LogP contribution in [0.15, 0.2) is 36.5 Å². The second-order valence-corrected chi connectivity index (χ2v) is 4.92. The summed E-state index contributed by atoms with van der Waals surface area (Å²) < 4.78 is 13.2. The topological polar surface area (TPSA) is 41.1 Å². The molecule has 5 heteroatoms. The maximum atomic E-state index is 13.2. The largest absolute Gasteiger partial charge is 0.356 e. The molecule has 1 aromatic carbocycles. The van der Waals surface area contributed by atoms with Crippen LogP contribution in [0.3, 0.4) is 0 Å². The van der Waals surface area contributed by atoms with Crippen molar-refractivity contribution < 1.29 is 4.39 Å². The van der Waals surface area contributed by atoms with Crippen molar-refractivity contribution in [1.82, 2.24) is 9.97 Å². The van der Waals surface area contributed by atoms with E-state index in [1.807, 2.05) is 6.07 Å². The first kappa shape index (κ1) is 12.8. The molecule has 0 unspecified atom stereocenters. The van der Waals surface area contributed by atoms with Crippen LogP contribution < -0.4 is 10.2 Å². The van der Waals surface area contributed by atoms with Crippen LogP contribution in [-0.4, -0.2) is 23.1 Å². The van der Waals surface area contributed by atoms with Crippen molar-refractivity contribution in [2.75, 3.05) is 23.3 Å². The molecule has 1 aliphatic heterocycles. The Kier molecular flexibility index (Phi) is 3.76. The SMILES string of the molecule is Fc1cccc(Nc2nccc(N3CCCCC3)n2)c1. The molecule has 0 radical (unpaired) electrons. The first-order valence-electron chi connectivity index (χ1n) is 6.92. The molecule has 0 spiro atoms. The maximum absolute atomic E-state index is 13.2. The predicted molar refractivity (Wildman–Crippen MR) is 77.8 cm³/mol. The molecule has 1 N–H and O–H groups in total.